The van der Waals surface area contributed by atoms with E-state index in [1.165, 1.54) is 12.1 Å². The van der Waals surface area contributed by atoms with Crippen molar-refractivity contribution in [3.63, 3.8) is 0 Å². The molecule has 7 nitrogen and oxygen atoms in total. The molecule has 0 aliphatic heterocycles. The van der Waals surface area contributed by atoms with Crippen molar-refractivity contribution in [1.82, 2.24) is 0 Å². The van der Waals surface area contributed by atoms with Gasteiger partial charge in [-0.25, -0.2) is 8.96 Å². The van der Waals surface area contributed by atoms with E-state index < -0.39 is 49.9 Å². The fraction of sp³-hybridized carbons (Fsp3) is 0.333. The molecule has 0 bridgehead atoms. The van der Waals surface area contributed by atoms with Crippen molar-refractivity contribution in [2.24, 2.45) is 5.73 Å². The average molecular weight is 493 g/mol. The average Bonchev–Trinajstić information content (AvgIpc) is 2.74. The smallest absolute Gasteiger partial charge is 0.469 e. The third-order valence-corrected chi connectivity index (χ3v) is 4.98. The van der Waals surface area contributed by atoms with Gasteiger partial charge in [0.25, 0.3) is 0 Å². The van der Waals surface area contributed by atoms with Crippen LogP contribution in [0, 0.1) is 5.82 Å². The van der Waals surface area contributed by atoms with Gasteiger partial charge < -0.3 is 25.4 Å². The first-order valence-corrected chi connectivity index (χ1v) is 11.2. The molecule has 1 unspecified atom stereocenters. The summed E-state index contributed by atoms with van der Waals surface area (Å²) in [6.45, 7) is -1.61. The third kappa shape index (κ3) is 8.88. The molecular weight excluding hydrogens is 469 g/mol. The van der Waals surface area contributed by atoms with Gasteiger partial charge in [0, 0.05) is 0 Å². The summed E-state index contributed by atoms with van der Waals surface area (Å²) >= 11 is 0. The zero-order chi connectivity index (χ0) is 24.7. The number of benzene rings is 2. The molecule has 0 heterocycles. The van der Waals surface area contributed by atoms with Crippen LogP contribution in [0.4, 0.5) is 17.6 Å². The Hall–Kier alpha value is -2.27. The van der Waals surface area contributed by atoms with Crippen LogP contribution in [0.15, 0.2) is 48.5 Å². The van der Waals surface area contributed by atoms with Crippen molar-refractivity contribution in [2.45, 2.75) is 24.6 Å². The lowest BCUT2D eigenvalue weighted by molar-refractivity contribution is -0.139. The molecule has 0 saturated heterocycles. The summed E-state index contributed by atoms with van der Waals surface area (Å²) in [5.41, 5.74) is 3.48. The quantitative estimate of drug-likeness (QED) is 0.214. The highest BCUT2D eigenvalue weighted by atomic mass is 31.2. The number of halogens is 4. The second-order valence-electron chi connectivity index (χ2n) is 7.29. The van der Waals surface area contributed by atoms with Gasteiger partial charge in [-0.3, -0.25) is 4.52 Å². The van der Waals surface area contributed by atoms with Crippen molar-refractivity contribution in [2.75, 3.05) is 19.8 Å². The zero-order valence-electron chi connectivity index (χ0n) is 17.3. The van der Waals surface area contributed by atoms with Crippen molar-refractivity contribution in [3.8, 4) is 5.75 Å². The summed E-state index contributed by atoms with van der Waals surface area (Å²) < 4.78 is 74.6. The van der Waals surface area contributed by atoms with Gasteiger partial charge in [-0.05, 0) is 42.2 Å². The minimum Gasteiger partial charge on any atom is -0.493 e. The van der Waals surface area contributed by atoms with E-state index in [4.69, 9.17) is 20.3 Å². The second kappa shape index (κ2) is 11.2. The second-order valence-corrected chi connectivity index (χ2v) is 8.52. The van der Waals surface area contributed by atoms with Crippen LogP contribution in [0.3, 0.4) is 0 Å². The Morgan fingerprint density at radius 1 is 1.12 bits per heavy atom. The van der Waals surface area contributed by atoms with Crippen LogP contribution in [-0.4, -0.2) is 40.3 Å². The van der Waals surface area contributed by atoms with Crippen molar-refractivity contribution in [3.05, 3.63) is 71.0 Å². The summed E-state index contributed by atoms with van der Waals surface area (Å²) in [7, 11) is -4.85. The monoisotopic (exact) mass is 493 g/mol. The van der Waals surface area contributed by atoms with E-state index in [2.05, 4.69) is 4.52 Å². The lowest BCUT2D eigenvalue weighted by Crippen LogP contribution is -2.45. The first-order chi connectivity index (χ1) is 15.3. The van der Waals surface area contributed by atoms with E-state index in [-0.39, 0.29) is 12.2 Å². The van der Waals surface area contributed by atoms with Crippen LogP contribution in [0.25, 0.3) is 6.08 Å². The Morgan fingerprint density at radius 3 is 2.42 bits per heavy atom. The van der Waals surface area contributed by atoms with Crippen LogP contribution < -0.4 is 10.5 Å². The standard InChI is InChI=1S/C21H24F4NO6P/c22-18-6-2-1-4-16(18)5-3-11-31-19-8-7-15(12-17(19)21(23,24)25)9-10-20(26,13-27)14-32-33(28,29)30/h1-2,4,6-10,12,27H,3,5,11,13-14,26H2,(H2,28,29,30)/b10-9+. The Morgan fingerprint density at radius 2 is 1.82 bits per heavy atom. The van der Waals surface area contributed by atoms with Gasteiger partial charge in [0.2, 0.25) is 0 Å². The minimum absolute atomic E-state index is 0.0560. The van der Waals surface area contributed by atoms with Crippen LogP contribution >= 0.6 is 7.82 Å². The van der Waals surface area contributed by atoms with E-state index >= 15 is 0 Å². The molecule has 0 aliphatic rings. The minimum atomic E-state index is -4.85. The predicted molar refractivity (Wildman–Crippen MR) is 113 cm³/mol. The molecule has 1 atom stereocenters. The van der Waals surface area contributed by atoms with Gasteiger partial charge in [0.15, 0.2) is 0 Å². The maximum Gasteiger partial charge on any atom is 0.469 e. The molecule has 182 valence electrons. The van der Waals surface area contributed by atoms with E-state index in [1.54, 1.807) is 18.2 Å². The largest absolute Gasteiger partial charge is 0.493 e. The molecule has 0 amide bonds. The van der Waals surface area contributed by atoms with Gasteiger partial charge in [-0.2, -0.15) is 13.2 Å². The number of hydrogen-bond acceptors (Lipinski definition) is 5. The molecular formula is C21H24F4NO6P. The highest BCUT2D eigenvalue weighted by molar-refractivity contribution is 7.46. The van der Waals surface area contributed by atoms with Gasteiger partial charge in [-0.15, -0.1) is 0 Å². The Labute approximate surface area is 187 Å². The van der Waals surface area contributed by atoms with Crippen LogP contribution in [0.1, 0.15) is 23.1 Å². The third-order valence-electron chi connectivity index (χ3n) is 4.52. The van der Waals surface area contributed by atoms with Crippen molar-refractivity contribution < 1.29 is 46.3 Å². The Bertz CT molecular complexity index is 1010. The molecule has 0 aliphatic carbocycles. The van der Waals surface area contributed by atoms with Crippen LogP contribution in [0.2, 0.25) is 0 Å². The highest BCUT2D eigenvalue weighted by Crippen LogP contribution is 2.38. The summed E-state index contributed by atoms with van der Waals surface area (Å²) in [5.74, 6) is -0.797. The number of ether oxygens (including phenoxy) is 1. The Kier molecular flexibility index (Phi) is 9.19. The van der Waals surface area contributed by atoms with Crippen molar-refractivity contribution in [1.29, 1.82) is 0 Å². The number of phosphoric ester groups is 1. The molecule has 0 aromatic heterocycles. The number of nitrogens with two attached hydrogens (primary N) is 1. The number of alkyl halides is 3. The topological polar surface area (TPSA) is 122 Å². The van der Waals surface area contributed by atoms with Gasteiger partial charge in [-0.1, -0.05) is 36.4 Å². The molecule has 33 heavy (non-hydrogen) atoms. The fourth-order valence-corrected chi connectivity index (χ4v) is 3.17. The first kappa shape index (κ1) is 27.0. The predicted octanol–water partition coefficient (Wildman–Crippen LogP) is 3.67. The summed E-state index contributed by atoms with van der Waals surface area (Å²) in [4.78, 5) is 17.5. The maximum atomic E-state index is 13.6. The normalized spacial score (nSPS) is 14.4. The Balaban J connectivity index is 2.11. The number of aryl methyl sites for hydroxylation is 1. The SMILES string of the molecule is NC(/C=C/c1ccc(OCCCc2ccccc2F)c(C(F)(F)F)c1)(CO)COP(=O)(O)O. The maximum absolute atomic E-state index is 13.6. The highest BCUT2D eigenvalue weighted by Gasteiger charge is 2.34. The number of rotatable bonds is 11. The van der Waals surface area contributed by atoms with Gasteiger partial charge >= 0.3 is 14.0 Å². The summed E-state index contributed by atoms with van der Waals surface area (Å²) in [6, 6.07) is 9.35. The van der Waals surface area contributed by atoms with E-state index in [1.807, 2.05) is 0 Å². The summed E-state index contributed by atoms with van der Waals surface area (Å²) in [6.07, 6.45) is -1.88. The molecule has 2 aromatic rings. The van der Waals surface area contributed by atoms with E-state index in [0.717, 1.165) is 24.3 Å². The van der Waals surface area contributed by atoms with Crippen LogP contribution in [-0.2, 0) is 21.7 Å². The van der Waals surface area contributed by atoms with Gasteiger partial charge in [0.05, 0.1) is 30.9 Å². The lowest BCUT2D eigenvalue weighted by Gasteiger charge is -2.23. The van der Waals surface area contributed by atoms with E-state index in [9.17, 15) is 27.2 Å². The molecule has 0 fully saturated rings. The molecule has 2 aromatic carbocycles. The van der Waals surface area contributed by atoms with E-state index in [0.29, 0.717) is 18.4 Å². The lowest BCUT2D eigenvalue weighted by atomic mass is 10.0. The first-order valence-electron chi connectivity index (χ1n) is 9.69. The van der Waals surface area contributed by atoms with Crippen LogP contribution in [0.5, 0.6) is 5.75 Å². The number of hydrogen-bond donors (Lipinski definition) is 4. The molecule has 0 radical (unpaired) electrons. The number of aliphatic hydroxyl groups excluding tert-OH is 1. The van der Waals surface area contributed by atoms with Crippen molar-refractivity contribution >= 4 is 13.9 Å². The fourth-order valence-electron chi connectivity index (χ4n) is 2.76. The molecule has 2 rings (SSSR count). The number of phosphoric acid groups is 1. The van der Waals surface area contributed by atoms with Gasteiger partial charge in [0.1, 0.15) is 11.6 Å². The molecule has 12 heteroatoms. The zero-order valence-corrected chi connectivity index (χ0v) is 18.2. The molecule has 0 saturated carbocycles. The molecule has 0 spiro atoms. The summed E-state index contributed by atoms with van der Waals surface area (Å²) in [5, 5.41) is 9.38. The molecule has 5 N–H and O–H groups in total. The number of aliphatic hydroxyl groups is 1.